The Bertz CT molecular complexity index is 1390. The number of benzene rings is 2. The Morgan fingerprint density at radius 1 is 1.00 bits per heavy atom. The number of hydrogen-bond acceptors (Lipinski definition) is 6. The van der Waals surface area contributed by atoms with Crippen molar-refractivity contribution in [3.8, 4) is 11.5 Å². The minimum absolute atomic E-state index is 0.0247. The van der Waals surface area contributed by atoms with E-state index >= 15 is 0 Å². The Hall–Kier alpha value is -3.16. The first-order chi connectivity index (χ1) is 15.2. The van der Waals surface area contributed by atoms with Crippen LogP contribution in [0.2, 0.25) is 0 Å². The van der Waals surface area contributed by atoms with Crippen molar-refractivity contribution in [2.24, 2.45) is 0 Å². The number of aryl methyl sites for hydroxylation is 1. The van der Waals surface area contributed by atoms with E-state index in [-0.39, 0.29) is 5.56 Å². The zero-order chi connectivity index (χ0) is 21.2. The van der Waals surface area contributed by atoms with Crippen LogP contribution in [0.15, 0.2) is 86.5 Å². The van der Waals surface area contributed by atoms with Crippen LogP contribution in [0.1, 0.15) is 16.3 Å². The number of thiophene rings is 1. The molecule has 7 heteroatoms. The van der Waals surface area contributed by atoms with E-state index < -0.39 is 0 Å². The Labute approximate surface area is 187 Å². The summed E-state index contributed by atoms with van der Waals surface area (Å²) in [5, 5.41) is 3.33. The molecule has 2 aromatic carbocycles. The summed E-state index contributed by atoms with van der Waals surface area (Å²) in [5.41, 5.74) is 2.48. The van der Waals surface area contributed by atoms with Gasteiger partial charge in [-0.3, -0.25) is 9.36 Å². The molecule has 5 rings (SSSR count). The van der Waals surface area contributed by atoms with Gasteiger partial charge < -0.3 is 4.42 Å². The van der Waals surface area contributed by atoms with E-state index in [0.717, 1.165) is 21.9 Å². The van der Waals surface area contributed by atoms with Gasteiger partial charge in [-0.05, 0) is 42.6 Å². The van der Waals surface area contributed by atoms with Crippen LogP contribution < -0.4 is 5.56 Å². The van der Waals surface area contributed by atoms with E-state index in [9.17, 15) is 4.79 Å². The number of rotatable bonds is 6. The van der Waals surface area contributed by atoms with Gasteiger partial charge in [-0.25, -0.2) is 9.97 Å². The molecule has 0 saturated carbocycles. The molecule has 5 nitrogen and oxygen atoms in total. The third-order valence-electron chi connectivity index (χ3n) is 4.97. The molecule has 5 aromatic rings. The van der Waals surface area contributed by atoms with Gasteiger partial charge in [0.15, 0.2) is 5.16 Å². The molecule has 0 radical (unpaired) electrons. The van der Waals surface area contributed by atoms with E-state index in [2.05, 4.69) is 4.98 Å². The highest BCUT2D eigenvalue weighted by molar-refractivity contribution is 7.98. The maximum atomic E-state index is 13.2. The van der Waals surface area contributed by atoms with Gasteiger partial charge in [-0.15, -0.1) is 11.3 Å². The summed E-state index contributed by atoms with van der Waals surface area (Å²) in [5.74, 6) is 1.95. The lowest BCUT2D eigenvalue weighted by atomic mass is 10.2. The maximum Gasteiger partial charge on any atom is 0.262 e. The van der Waals surface area contributed by atoms with Crippen molar-refractivity contribution < 1.29 is 4.42 Å². The number of para-hydroxylation sites is 1. The van der Waals surface area contributed by atoms with Gasteiger partial charge in [-0.2, -0.15) is 0 Å². The minimum atomic E-state index is -0.0247. The molecule has 3 aromatic heterocycles. The fourth-order valence-corrected chi connectivity index (χ4v) is 5.05. The molecule has 0 aliphatic carbocycles. The normalized spacial score (nSPS) is 11.3. The summed E-state index contributed by atoms with van der Waals surface area (Å²) in [6.07, 6.45) is 0. The summed E-state index contributed by atoms with van der Waals surface area (Å²) in [4.78, 5) is 23.8. The first-order valence-electron chi connectivity index (χ1n) is 9.85. The first kappa shape index (κ1) is 19.8. The van der Waals surface area contributed by atoms with Crippen LogP contribution >= 0.6 is 23.1 Å². The Morgan fingerprint density at radius 3 is 2.61 bits per heavy atom. The molecule has 0 saturated heterocycles. The smallest absolute Gasteiger partial charge is 0.262 e. The van der Waals surface area contributed by atoms with Crippen molar-refractivity contribution in [2.75, 3.05) is 0 Å². The van der Waals surface area contributed by atoms with E-state index in [1.165, 1.54) is 11.8 Å². The zero-order valence-corrected chi connectivity index (χ0v) is 18.5. The second kappa shape index (κ2) is 8.53. The number of thioether (sulfide) groups is 1. The standard InChI is InChI=1S/C24H19N3O2S2/c1-16-21(25-22(29-16)17-8-3-2-4-9-17)15-31-24-26-20-12-6-5-11-19(20)23(28)27(24)14-18-10-7-13-30-18/h2-13H,14-15H2,1H3. The van der Waals surface area contributed by atoms with E-state index in [1.807, 2.05) is 79.0 Å². The van der Waals surface area contributed by atoms with Gasteiger partial charge in [-0.1, -0.05) is 48.2 Å². The van der Waals surface area contributed by atoms with E-state index in [1.54, 1.807) is 15.9 Å². The molecule has 154 valence electrons. The highest BCUT2D eigenvalue weighted by Crippen LogP contribution is 2.27. The Balaban J connectivity index is 1.49. The van der Waals surface area contributed by atoms with Gasteiger partial charge in [0.1, 0.15) is 5.76 Å². The molecule has 31 heavy (non-hydrogen) atoms. The van der Waals surface area contributed by atoms with Crippen molar-refractivity contribution in [3.05, 3.63) is 98.8 Å². The van der Waals surface area contributed by atoms with Crippen LogP contribution in [-0.4, -0.2) is 14.5 Å². The lowest BCUT2D eigenvalue weighted by Gasteiger charge is -2.12. The van der Waals surface area contributed by atoms with Gasteiger partial charge in [0.2, 0.25) is 5.89 Å². The fraction of sp³-hybridized carbons (Fsp3) is 0.125. The predicted molar refractivity (Wildman–Crippen MR) is 126 cm³/mol. The molecule has 0 amide bonds. The van der Waals surface area contributed by atoms with Crippen LogP contribution in [0.5, 0.6) is 0 Å². The predicted octanol–water partition coefficient (Wildman–Crippen LogP) is 5.76. The molecular formula is C24H19N3O2S2. The molecule has 0 atom stereocenters. The molecular weight excluding hydrogens is 426 g/mol. The largest absolute Gasteiger partial charge is 0.441 e. The molecule has 3 heterocycles. The highest BCUT2D eigenvalue weighted by atomic mass is 32.2. The van der Waals surface area contributed by atoms with Gasteiger partial charge in [0.25, 0.3) is 5.56 Å². The quantitative estimate of drug-likeness (QED) is 0.246. The monoisotopic (exact) mass is 445 g/mol. The van der Waals surface area contributed by atoms with Gasteiger partial charge >= 0.3 is 0 Å². The van der Waals surface area contributed by atoms with E-state index in [0.29, 0.717) is 34.2 Å². The molecule has 0 N–H and O–H groups in total. The molecule has 0 unspecified atom stereocenters. The molecule has 0 fully saturated rings. The summed E-state index contributed by atoms with van der Waals surface area (Å²) < 4.78 is 7.64. The van der Waals surface area contributed by atoms with Crippen LogP contribution in [-0.2, 0) is 12.3 Å². The third kappa shape index (κ3) is 4.06. The summed E-state index contributed by atoms with van der Waals surface area (Å²) in [6.45, 7) is 2.42. The van der Waals surface area contributed by atoms with E-state index in [4.69, 9.17) is 9.40 Å². The average Bonchev–Trinajstić information content (AvgIpc) is 3.45. The van der Waals surface area contributed by atoms with Gasteiger partial charge in [0, 0.05) is 16.2 Å². The molecule has 0 bridgehead atoms. The lowest BCUT2D eigenvalue weighted by Crippen LogP contribution is -2.23. The third-order valence-corrected chi connectivity index (χ3v) is 6.82. The molecule has 0 spiro atoms. The Kier molecular flexibility index (Phi) is 5.44. The van der Waals surface area contributed by atoms with Crippen LogP contribution in [0, 0.1) is 6.92 Å². The number of oxazole rings is 1. The maximum absolute atomic E-state index is 13.2. The summed E-state index contributed by atoms with van der Waals surface area (Å²) in [6, 6.07) is 21.4. The first-order valence-corrected chi connectivity index (χ1v) is 11.7. The van der Waals surface area contributed by atoms with Crippen molar-refractivity contribution in [3.63, 3.8) is 0 Å². The Morgan fingerprint density at radius 2 is 1.81 bits per heavy atom. The second-order valence-electron chi connectivity index (χ2n) is 7.06. The zero-order valence-electron chi connectivity index (χ0n) is 16.8. The van der Waals surface area contributed by atoms with Crippen LogP contribution in [0.25, 0.3) is 22.4 Å². The second-order valence-corrected chi connectivity index (χ2v) is 9.03. The van der Waals surface area contributed by atoms with Crippen LogP contribution in [0.4, 0.5) is 0 Å². The van der Waals surface area contributed by atoms with Crippen molar-refractivity contribution in [2.45, 2.75) is 24.4 Å². The van der Waals surface area contributed by atoms with Gasteiger partial charge in [0.05, 0.1) is 23.1 Å². The van der Waals surface area contributed by atoms with Crippen LogP contribution in [0.3, 0.4) is 0 Å². The topological polar surface area (TPSA) is 60.9 Å². The number of fused-ring (bicyclic) bond motifs is 1. The number of aromatic nitrogens is 3. The molecule has 0 aliphatic heterocycles. The van der Waals surface area contributed by atoms with Crippen molar-refractivity contribution in [1.29, 1.82) is 0 Å². The molecule has 0 aliphatic rings. The fourth-order valence-electron chi connectivity index (χ4n) is 3.35. The summed E-state index contributed by atoms with van der Waals surface area (Å²) in [7, 11) is 0. The minimum Gasteiger partial charge on any atom is -0.441 e. The van der Waals surface area contributed by atoms with Crippen molar-refractivity contribution in [1.82, 2.24) is 14.5 Å². The van der Waals surface area contributed by atoms with Crippen molar-refractivity contribution >= 4 is 34.0 Å². The number of hydrogen-bond donors (Lipinski definition) is 0. The lowest BCUT2D eigenvalue weighted by molar-refractivity contribution is 0.540. The SMILES string of the molecule is Cc1oc(-c2ccccc2)nc1CSc1nc2ccccc2c(=O)n1Cc1cccs1. The summed E-state index contributed by atoms with van der Waals surface area (Å²) >= 11 is 3.14. The average molecular weight is 446 g/mol. The number of nitrogens with zero attached hydrogens (tertiary/aromatic N) is 3. The highest BCUT2D eigenvalue weighted by Gasteiger charge is 2.16.